The van der Waals surface area contributed by atoms with Gasteiger partial charge in [-0.25, -0.2) is 4.98 Å². The molecule has 2 aliphatic carbocycles. The van der Waals surface area contributed by atoms with E-state index in [2.05, 4.69) is 36.2 Å². The van der Waals surface area contributed by atoms with Crippen LogP contribution in [0.15, 0.2) is 43.1 Å². The average molecular weight is 731 g/mol. The molecule has 0 aromatic carbocycles. The molecule has 2 aliphatic heterocycles. The minimum Gasteiger partial charge on any atom is -0.381 e. The van der Waals surface area contributed by atoms with Crippen molar-refractivity contribution in [3.8, 4) is 0 Å². The van der Waals surface area contributed by atoms with Crippen LogP contribution in [0.5, 0.6) is 0 Å². The fourth-order valence-electron chi connectivity index (χ4n) is 9.64. The third kappa shape index (κ3) is 7.52. The van der Waals surface area contributed by atoms with E-state index >= 15 is 0 Å². The molecule has 2 saturated heterocycles. The predicted molar refractivity (Wildman–Crippen MR) is 194 cm³/mol. The number of aliphatic hydroxyl groups excluding tert-OH is 1. The molecule has 0 radical (unpaired) electrons. The molecule has 4 heterocycles. The van der Waals surface area contributed by atoms with Gasteiger partial charge in [-0.05, 0) is 79.4 Å². The summed E-state index contributed by atoms with van der Waals surface area (Å²) in [6, 6.07) is -0.334. The predicted octanol–water partition coefficient (Wildman–Crippen LogP) is 2.45. The summed E-state index contributed by atoms with van der Waals surface area (Å²) in [4.78, 5) is 83.5. The second kappa shape index (κ2) is 15.5. The highest BCUT2D eigenvalue weighted by Gasteiger charge is 2.67. The van der Waals surface area contributed by atoms with Crippen LogP contribution in [0, 0.1) is 28.6 Å². The van der Waals surface area contributed by atoms with Crippen molar-refractivity contribution in [2.24, 2.45) is 28.6 Å². The molecular formula is C39H54N8O6. The van der Waals surface area contributed by atoms with Crippen LogP contribution < -0.4 is 21.3 Å². The Labute approximate surface area is 311 Å². The number of hydrogen-bond donors (Lipinski definition) is 5. The van der Waals surface area contributed by atoms with Gasteiger partial charge in [0.1, 0.15) is 23.8 Å². The third-order valence-corrected chi connectivity index (χ3v) is 12.4. The van der Waals surface area contributed by atoms with Crippen molar-refractivity contribution < 1.29 is 29.1 Å². The van der Waals surface area contributed by atoms with Gasteiger partial charge < -0.3 is 31.3 Å². The number of amides is 5. The Morgan fingerprint density at radius 2 is 1.70 bits per heavy atom. The van der Waals surface area contributed by atoms with Gasteiger partial charge in [-0.3, -0.25) is 33.9 Å². The van der Waals surface area contributed by atoms with Gasteiger partial charge in [0.25, 0.3) is 11.8 Å². The molecule has 53 heavy (non-hydrogen) atoms. The van der Waals surface area contributed by atoms with Crippen molar-refractivity contribution in [2.45, 2.75) is 122 Å². The number of pyridine rings is 1. The van der Waals surface area contributed by atoms with Crippen molar-refractivity contribution in [1.29, 1.82) is 0 Å². The van der Waals surface area contributed by atoms with Crippen LogP contribution in [-0.2, 0) is 19.2 Å². The topological polar surface area (TPSA) is 196 Å². The lowest BCUT2D eigenvalue weighted by molar-refractivity contribution is -0.153. The highest BCUT2D eigenvalue weighted by Crippen LogP contribution is 2.59. The molecule has 5 N–H and O–H groups in total. The van der Waals surface area contributed by atoms with Crippen molar-refractivity contribution in [2.75, 3.05) is 6.54 Å². The highest BCUT2D eigenvalue weighted by molar-refractivity contribution is 5.98. The minimum absolute atomic E-state index is 0.0129. The van der Waals surface area contributed by atoms with Crippen LogP contribution in [0.2, 0.25) is 0 Å². The number of nitrogens with zero attached hydrogens (tertiary/aromatic N) is 4. The van der Waals surface area contributed by atoms with Crippen LogP contribution in [0.3, 0.4) is 0 Å². The zero-order valence-electron chi connectivity index (χ0n) is 31.4. The van der Waals surface area contributed by atoms with E-state index in [0.29, 0.717) is 19.4 Å². The summed E-state index contributed by atoms with van der Waals surface area (Å²) in [5.41, 5.74) is -0.430. The number of carbonyl (C=O) groups excluding carboxylic acids is 5. The van der Waals surface area contributed by atoms with Gasteiger partial charge in [0.2, 0.25) is 17.7 Å². The van der Waals surface area contributed by atoms with Gasteiger partial charge in [-0.2, -0.15) is 0 Å². The first-order valence-corrected chi connectivity index (χ1v) is 19.1. The van der Waals surface area contributed by atoms with Gasteiger partial charge in [0.05, 0.1) is 18.3 Å². The summed E-state index contributed by atoms with van der Waals surface area (Å²) in [7, 11) is 0. The molecule has 0 bridgehead atoms. The van der Waals surface area contributed by atoms with E-state index in [1.165, 1.54) is 18.6 Å². The van der Waals surface area contributed by atoms with Gasteiger partial charge in [-0.1, -0.05) is 47.0 Å². The van der Waals surface area contributed by atoms with E-state index in [0.717, 1.165) is 44.1 Å². The van der Waals surface area contributed by atoms with Crippen molar-refractivity contribution in [3.05, 3.63) is 54.4 Å². The molecule has 9 atom stereocenters. The number of likely N-dealkylation sites (tertiary alicyclic amines) is 1. The molecule has 14 nitrogen and oxygen atoms in total. The minimum atomic E-state index is -1.50. The van der Waals surface area contributed by atoms with Crippen LogP contribution in [-0.4, -0.2) is 91.3 Å². The summed E-state index contributed by atoms with van der Waals surface area (Å²) in [6.07, 6.45) is 12.5. The molecule has 4 fully saturated rings. The Hall–Kier alpha value is -4.46. The van der Waals surface area contributed by atoms with Crippen molar-refractivity contribution in [1.82, 2.24) is 41.1 Å². The van der Waals surface area contributed by atoms with E-state index in [1.807, 2.05) is 34.6 Å². The maximum absolute atomic E-state index is 14.7. The fourth-order valence-corrected chi connectivity index (χ4v) is 9.64. The standard InChI is InChI=1S/C39H54N8O6/c1-6-39-15-12-25-21-47(29(27(25)39)35(51)45-31(39)30(48)36(52)43-22(2)23-13-16-40-17-14-23)37(53)32(38(3,4)5)46-34(50)28(24-10-8-7-9-11-24)44-33(49)26-20-41-18-19-42-26/h13-14,16-20,22,24-25,27-32,48H,6-12,15,21H2,1-5H3,(H,43,52)(H,44,49)(H,45,51)(H,46,50)/t22-,25-,27?,28-,29-,30?,31+,32+,39?/m0/s1. The Bertz CT molecular complexity index is 1660. The Morgan fingerprint density at radius 1 is 0.981 bits per heavy atom. The van der Waals surface area contributed by atoms with Crippen LogP contribution in [0.25, 0.3) is 0 Å². The summed E-state index contributed by atoms with van der Waals surface area (Å²) >= 11 is 0. The normalized spacial score (nSPS) is 27.8. The van der Waals surface area contributed by atoms with Gasteiger partial charge >= 0.3 is 0 Å². The van der Waals surface area contributed by atoms with E-state index in [4.69, 9.17) is 0 Å². The molecule has 0 spiro atoms. The molecule has 14 heteroatoms. The average Bonchev–Trinajstić information content (AvgIpc) is 3.74. The second-order valence-corrected chi connectivity index (χ2v) is 16.5. The number of aliphatic hydroxyl groups is 1. The summed E-state index contributed by atoms with van der Waals surface area (Å²) in [6.45, 7) is 9.78. The van der Waals surface area contributed by atoms with E-state index in [-0.39, 0.29) is 35.4 Å². The Balaban J connectivity index is 1.22. The first kappa shape index (κ1) is 38.3. The lowest BCUT2D eigenvalue weighted by Gasteiger charge is -2.50. The molecule has 2 saturated carbocycles. The first-order valence-electron chi connectivity index (χ1n) is 19.1. The molecule has 6 rings (SSSR count). The maximum atomic E-state index is 14.7. The molecule has 3 unspecified atom stereocenters. The second-order valence-electron chi connectivity index (χ2n) is 16.5. The Kier molecular flexibility index (Phi) is 11.2. The number of rotatable bonds is 11. The first-order chi connectivity index (χ1) is 25.3. The third-order valence-electron chi connectivity index (χ3n) is 12.4. The molecule has 286 valence electrons. The smallest absolute Gasteiger partial charge is 0.272 e. The van der Waals surface area contributed by atoms with E-state index in [1.54, 1.807) is 29.4 Å². The molecule has 2 aromatic rings. The summed E-state index contributed by atoms with van der Waals surface area (Å²) in [5, 5.41) is 23.4. The number of piperidine rings is 1. The van der Waals surface area contributed by atoms with Crippen LogP contribution in [0.4, 0.5) is 0 Å². The van der Waals surface area contributed by atoms with Crippen LogP contribution in [0.1, 0.15) is 108 Å². The Morgan fingerprint density at radius 3 is 2.34 bits per heavy atom. The number of carbonyl (C=O) groups is 5. The zero-order chi connectivity index (χ0) is 38.1. The molecule has 5 amide bonds. The lowest BCUT2D eigenvalue weighted by Crippen LogP contribution is -2.70. The lowest BCUT2D eigenvalue weighted by atomic mass is 9.62. The summed E-state index contributed by atoms with van der Waals surface area (Å²) < 4.78 is 0. The van der Waals surface area contributed by atoms with Gasteiger partial charge in [-0.15, -0.1) is 0 Å². The van der Waals surface area contributed by atoms with Crippen molar-refractivity contribution in [3.63, 3.8) is 0 Å². The SMILES string of the molecule is CCC12CC[C@H]3CN(C(=O)[C@@H](NC(=O)[C@@H](NC(=O)c4cnccn4)C4CCCCC4)C(C)(C)C)[C@H](C(=O)N[C@@H]1C(O)C(=O)N[C@@H](C)c1ccncc1)C32. The van der Waals surface area contributed by atoms with E-state index in [9.17, 15) is 29.1 Å². The monoisotopic (exact) mass is 730 g/mol. The van der Waals surface area contributed by atoms with Gasteiger partial charge in [0.15, 0.2) is 6.10 Å². The molecule has 2 aromatic heterocycles. The summed E-state index contributed by atoms with van der Waals surface area (Å²) in [5.74, 6) is -2.71. The molecule has 4 aliphatic rings. The zero-order valence-corrected chi connectivity index (χ0v) is 31.4. The number of nitrogens with one attached hydrogen (secondary N) is 4. The maximum Gasteiger partial charge on any atom is 0.272 e. The fraction of sp³-hybridized carbons (Fsp3) is 0.641. The van der Waals surface area contributed by atoms with E-state index < -0.39 is 64.7 Å². The largest absolute Gasteiger partial charge is 0.381 e. The molecular weight excluding hydrogens is 676 g/mol. The quantitative estimate of drug-likeness (QED) is 0.231. The number of aromatic nitrogens is 3. The number of hydrogen-bond acceptors (Lipinski definition) is 9. The van der Waals surface area contributed by atoms with Gasteiger partial charge in [0, 0.05) is 37.3 Å². The van der Waals surface area contributed by atoms with Crippen molar-refractivity contribution >= 4 is 29.5 Å². The highest BCUT2D eigenvalue weighted by atomic mass is 16.3. The van der Waals surface area contributed by atoms with Crippen LogP contribution >= 0.6 is 0 Å².